The minimum Gasteiger partial charge on any atom is -0.466 e. The maximum atomic E-state index is 11.2. The van der Waals surface area contributed by atoms with E-state index in [1.54, 1.807) is 19.1 Å². The molecule has 0 saturated carbocycles. The summed E-state index contributed by atoms with van der Waals surface area (Å²) in [6.07, 6.45) is 0.685. The molecule has 17 heavy (non-hydrogen) atoms. The van der Waals surface area contributed by atoms with Crippen molar-refractivity contribution in [3.05, 3.63) is 33.8 Å². The Balaban J connectivity index is 2.55. The van der Waals surface area contributed by atoms with Gasteiger partial charge >= 0.3 is 5.97 Å². The topological polar surface area (TPSA) is 26.3 Å². The standard InChI is InChI=1S/C12H13Cl3O2/c1-2-17-12(16)7-10(14)5-8-3-4-9(13)6-11(8)15/h3-4,6,10H,2,5,7H2,1H3. The van der Waals surface area contributed by atoms with Crippen molar-refractivity contribution >= 4 is 40.8 Å². The molecular weight excluding hydrogens is 282 g/mol. The fourth-order valence-electron chi connectivity index (χ4n) is 1.40. The maximum Gasteiger partial charge on any atom is 0.307 e. The molecule has 0 spiro atoms. The van der Waals surface area contributed by atoms with Gasteiger partial charge in [0.2, 0.25) is 0 Å². The molecule has 0 aromatic heterocycles. The Labute approximate surface area is 116 Å². The third-order valence-corrected chi connectivity index (χ3v) is 3.05. The number of rotatable bonds is 5. The van der Waals surface area contributed by atoms with Crippen molar-refractivity contribution < 1.29 is 9.53 Å². The summed E-state index contributed by atoms with van der Waals surface area (Å²) >= 11 is 17.9. The second kappa shape index (κ2) is 7.10. The van der Waals surface area contributed by atoms with E-state index in [0.717, 1.165) is 5.56 Å². The van der Waals surface area contributed by atoms with E-state index in [1.165, 1.54) is 0 Å². The van der Waals surface area contributed by atoms with Crippen LogP contribution in [0.4, 0.5) is 0 Å². The van der Waals surface area contributed by atoms with Crippen molar-refractivity contribution in [1.29, 1.82) is 0 Å². The lowest BCUT2D eigenvalue weighted by atomic mass is 10.1. The van der Waals surface area contributed by atoms with Crippen LogP contribution in [-0.4, -0.2) is 18.0 Å². The van der Waals surface area contributed by atoms with Crippen LogP contribution in [0.25, 0.3) is 0 Å². The van der Waals surface area contributed by atoms with Gasteiger partial charge in [-0.3, -0.25) is 4.79 Å². The third-order valence-electron chi connectivity index (χ3n) is 2.15. The first kappa shape index (κ1) is 14.6. The van der Waals surface area contributed by atoms with Crippen LogP contribution in [0, 0.1) is 0 Å². The predicted octanol–water partition coefficient (Wildman–Crippen LogP) is 4.10. The molecule has 1 rings (SSSR count). The summed E-state index contributed by atoms with van der Waals surface area (Å²) in [5, 5.41) is 0.815. The second-order valence-electron chi connectivity index (χ2n) is 3.55. The van der Waals surface area contributed by atoms with Gasteiger partial charge in [-0.15, -0.1) is 11.6 Å². The normalized spacial score (nSPS) is 12.2. The number of hydrogen-bond acceptors (Lipinski definition) is 2. The minimum atomic E-state index is -0.326. The molecule has 0 bridgehead atoms. The lowest BCUT2D eigenvalue weighted by Crippen LogP contribution is -2.13. The fourth-order valence-corrected chi connectivity index (χ4v) is 2.18. The number of carbonyl (C=O) groups is 1. The Kier molecular flexibility index (Phi) is 6.10. The molecule has 0 aliphatic rings. The Bertz CT molecular complexity index is 393. The molecule has 0 heterocycles. The van der Waals surface area contributed by atoms with Gasteiger partial charge in [0.15, 0.2) is 0 Å². The molecule has 1 aromatic rings. The number of ether oxygens (including phenoxy) is 1. The smallest absolute Gasteiger partial charge is 0.307 e. The van der Waals surface area contributed by atoms with Crippen LogP contribution in [-0.2, 0) is 16.0 Å². The van der Waals surface area contributed by atoms with Crippen LogP contribution < -0.4 is 0 Å². The first-order valence-corrected chi connectivity index (χ1v) is 6.45. The number of alkyl halides is 1. The number of hydrogen-bond donors (Lipinski definition) is 0. The number of esters is 1. The van der Waals surface area contributed by atoms with Gasteiger partial charge in [-0.05, 0) is 31.0 Å². The van der Waals surface area contributed by atoms with Crippen LogP contribution in [0.15, 0.2) is 18.2 Å². The highest BCUT2D eigenvalue weighted by Gasteiger charge is 2.14. The van der Waals surface area contributed by atoms with Crippen molar-refractivity contribution in [1.82, 2.24) is 0 Å². The molecule has 1 atom stereocenters. The van der Waals surface area contributed by atoms with E-state index in [0.29, 0.717) is 23.1 Å². The Morgan fingerprint density at radius 3 is 2.71 bits per heavy atom. The fraction of sp³-hybridized carbons (Fsp3) is 0.417. The molecule has 0 amide bonds. The highest BCUT2D eigenvalue weighted by Crippen LogP contribution is 2.24. The van der Waals surface area contributed by atoms with Gasteiger partial charge in [-0.25, -0.2) is 0 Å². The molecule has 0 aliphatic heterocycles. The zero-order valence-corrected chi connectivity index (χ0v) is 11.6. The quantitative estimate of drug-likeness (QED) is 0.604. The minimum absolute atomic E-state index is 0.175. The van der Waals surface area contributed by atoms with E-state index >= 15 is 0 Å². The SMILES string of the molecule is CCOC(=O)CC(Cl)Cc1ccc(Cl)cc1Cl. The number of benzene rings is 1. The van der Waals surface area contributed by atoms with Crippen LogP contribution in [0.1, 0.15) is 18.9 Å². The zero-order chi connectivity index (χ0) is 12.8. The van der Waals surface area contributed by atoms with Crippen LogP contribution >= 0.6 is 34.8 Å². The molecule has 0 fully saturated rings. The molecule has 1 unspecified atom stereocenters. The average molecular weight is 296 g/mol. The second-order valence-corrected chi connectivity index (χ2v) is 5.01. The van der Waals surface area contributed by atoms with Crippen molar-refractivity contribution in [2.75, 3.05) is 6.61 Å². The van der Waals surface area contributed by atoms with Gasteiger partial charge < -0.3 is 4.74 Å². The van der Waals surface area contributed by atoms with Gasteiger partial charge in [0.25, 0.3) is 0 Å². The van der Waals surface area contributed by atoms with E-state index in [1.807, 2.05) is 6.07 Å². The van der Waals surface area contributed by atoms with E-state index in [2.05, 4.69) is 0 Å². The van der Waals surface area contributed by atoms with E-state index in [-0.39, 0.29) is 17.8 Å². The Morgan fingerprint density at radius 2 is 2.12 bits per heavy atom. The van der Waals surface area contributed by atoms with Gasteiger partial charge in [0, 0.05) is 15.4 Å². The number of carbonyl (C=O) groups excluding carboxylic acids is 1. The summed E-state index contributed by atoms with van der Waals surface area (Å²) in [4.78, 5) is 11.2. The number of halogens is 3. The molecular formula is C12H13Cl3O2. The maximum absolute atomic E-state index is 11.2. The van der Waals surface area contributed by atoms with Gasteiger partial charge in [0.1, 0.15) is 0 Å². The highest BCUT2D eigenvalue weighted by atomic mass is 35.5. The molecule has 5 heteroatoms. The first-order chi connectivity index (χ1) is 8.02. The van der Waals surface area contributed by atoms with Crippen LogP contribution in [0.3, 0.4) is 0 Å². The van der Waals surface area contributed by atoms with Crippen molar-refractivity contribution in [2.45, 2.75) is 25.1 Å². The first-order valence-electron chi connectivity index (χ1n) is 5.26. The third kappa shape index (κ3) is 5.15. The summed E-state index contributed by atoms with van der Waals surface area (Å²) in [5.74, 6) is -0.294. The summed E-state index contributed by atoms with van der Waals surface area (Å²) in [7, 11) is 0. The molecule has 94 valence electrons. The van der Waals surface area contributed by atoms with Gasteiger partial charge in [-0.1, -0.05) is 29.3 Å². The lowest BCUT2D eigenvalue weighted by Gasteiger charge is -2.10. The average Bonchev–Trinajstić information content (AvgIpc) is 2.22. The Hall–Kier alpha value is -0.440. The molecule has 2 nitrogen and oxygen atoms in total. The summed E-state index contributed by atoms with van der Waals surface area (Å²) in [6.45, 7) is 2.13. The summed E-state index contributed by atoms with van der Waals surface area (Å²) in [6, 6.07) is 5.22. The molecule has 0 aliphatic carbocycles. The van der Waals surface area contributed by atoms with Crippen molar-refractivity contribution in [3.63, 3.8) is 0 Å². The van der Waals surface area contributed by atoms with E-state index < -0.39 is 0 Å². The van der Waals surface area contributed by atoms with Gasteiger partial charge in [0.05, 0.1) is 13.0 Å². The van der Waals surface area contributed by atoms with Crippen LogP contribution in [0.2, 0.25) is 10.0 Å². The predicted molar refractivity (Wildman–Crippen MR) is 71.1 cm³/mol. The summed E-state index contributed by atoms with van der Waals surface area (Å²) < 4.78 is 4.82. The lowest BCUT2D eigenvalue weighted by molar-refractivity contribution is -0.143. The molecule has 0 saturated heterocycles. The van der Waals surface area contributed by atoms with Crippen molar-refractivity contribution in [2.24, 2.45) is 0 Å². The Morgan fingerprint density at radius 1 is 1.41 bits per heavy atom. The molecule has 1 aromatic carbocycles. The van der Waals surface area contributed by atoms with Crippen molar-refractivity contribution in [3.8, 4) is 0 Å². The van der Waals surface area contributed by atoms with Gasteiger partial charge in [-0.2, -0.15) is 0 Å². The van der Waals surface area contributed by atoms with Crippen LogP contribution in [0.5, 0.6) is 0 Å². The van der Waals surface area contributed by atoms with E-state index in [9.17, 15) is 4.79 Å². The zero-order valence-electron chi connectivity index (χ0n) is 9.38. The molecule has 0 radical (unpaired) electrons. The highest BCUT2D eigenvalue weighted by molar-refractivity contribution is 6.35. The monoisotopic (exact) mass is 294 g/mol. The summed E-state index contributed by atoms with van der Waals surface area (Å²) in [5.41, 5.74) is 0.875. The largest absolute Gasteiger partial charge is 0.466 e. The molecule has 0 N–H and O–H groups in total. The van der Waals surface area contributed by atoms with E-state index in [4.69, 9.17) is 39.5 Å².